The second kappa shape index (κ2) is 13.5. The van der Waals surface area contributed by atoms with Gasteiger partial charge in [0.25, 0.3) is 0 Å². The van der Waals surface area contributed by atoms with Gasteiger partial charge in [0.2, 0.25) is 6.36 Å². The van der Waals surface area contributed by atoms with Gasteiger partial charge >= 0.3 is 5.97 Å². The first kappa shape index (κ1) is 30.0. The summed E-state index contributed by atoms with van der Waals surface area (Å²) in [6.45, 7) is 22.0. The van der Waals surface area contributed by atoms with Gasteiger partial charge in [-0.3, -0.25) is 0 Å². The van der Waals surface area contributed by atoms with Crippen molar-refractivity contribution in [3.8, 4) is 5.75 Å². The van der Waals surface area contributed by atoms with E-state index in [4.69, 9.17) is 4.74 Å². The van der Waals surface area contributed by atoms with Crippen molar-refractivity contribution < 1.29 is 19.0 Å². The molecule has 8 heteroatoms. The third-order valence-corrected chi connectivity index (χ3v) is 6.65. The highest BCUT2D eigenvalue weighted by molar-refractivity contribution is 5.88. The van der Waals surface area contributed by atoms with Crippen molar-refractivity contribution in [3.63, 3.8) is 0 Å². The van der Waals surface area contributed by atoms with Crippen LogP contribution in [-0.4, -0.2) is 29.2 Å². The Morgan fingerprint density at radius 1 is 1.25 bits per heavy atom. The molecule has 2 atom stereocenters. The largest absolute Gasteiger partial charge is 0.478 e. The fraction of sp³-hybridized carbons (Fsp3) is 0.250. The maximum Gasteiger partial charge on any atom is 0.335 e. The molecule has 0 bridgehead atoms. The Labute approximate surface area is 235 Å². The van der Waals surface area contributed by atoms with E-state index in [1.54, 1.807) is 35.3 Å². The Bertz CT molecular complexity index is 1380. The zero-order valence-electron chi connectivity index (χ0n) is 23.3. The molecule has 1 aliphatic rings. The maximum atomic E-state index is 13.2. The van der Waals surface area contributed by atoms with Crippen molar-refractivity contribution in [2.45, 2.75) is 52.6 Å². The number of benzene rings is 2. The van der Waals surface area contributed by atoms with Crippen molar-refractivity contribution >= 4 is 12.7 Å². The molecule has 40 heavy (non-hydrogen) atoms. The summed E-state index contributed by atoms with van der Waals surface area (Å²) >= 11 is 0. The normalized spacial score (nSPS) is 15.4. The highest BCUT2D eigenvalue weighted by Crippen LogP contribution is 2.34. The summed E-state index contributed by atoms with van der Waals surface area (Å²) in [6.07, 6.45) is 3.91. The molecule has 0 amide bonds. The fourth-order valence-corrected chi connectivity index (χ4v) is 4.45. The van der Waals surface area contributed by atoms with Gasteiger partial charge < -0.3 is 20.5 Å². The average Bonchev–Trinajstić information content (AvgIpc) is 3.32. The summed E-state index contributed by atoms with van der Waals surface area (Å²) in [4.78, 5) is 11.4. The molecule has 2 unspecified atom stereocenters. The van der Waals surface area contributed by atoms with E-state index >= 15 is 0 Å². The summed E-state index contributed by atoms with van der Waals surface area (Å²) in [5, 5.41) is 22.0. The molecule has 3 rings (SSSR count). The van der Waals surface area contributed by atoms with Gasteiger partial charge in [0, 0.05) is 31.6 Å². The molecule has 3 N–H and O–H groups in total. The number of nitrogens with zero attached hydrogens (tertiary/aromatic N) is 2. The lowest BCUT2D eigenvalue weighted by Gasteiger charge is -2.27. The van der Waals surface area contributed by atoms with Crippen LogP contribution < -0.4 is 15.4 Å². The second-order valence-corrected chi connectivity index (χ2v) is 9.51. The molecule has 0 radical (unpaired) electrons. The highest BCUT2D eigenvalue weighted by atomic mass is 19.1. The number of allylic oxidation sites excluding steroid dienone is 3. The fourth-order valence-electron chi connectivity index (χ4n) is 4.45. The standard InChI is InChI=1S/C32H37FN4O3/c1-8-21(3)37(34-7)31(23(5)36-30-15-13-26-18-27(32(38)39)12-14-29(26)30)16-20(2)22(4)35-19-25-10-9-11-28(17-25)40-24(6)33/h8-12,14,16-18,24,30,35-36H,2,4-5,7,13,15,19H2,1,3,6H3,(H,38,39)/b21-8-,31-16-. The Kier molecular flexibility index (Phi) is 10.1. The molecule has 0 aliphatic heterocycles. The van der Waals surface area contributed by atoms with Crippen LogP contribution in [0.3, 0.4) is 0 Å². The quantitative estimate of drug-likeness (QED) is 0.139. The molecule has 0 aromatic heterocycles. The molecule has 0 heterocycles. The minimum atomic E-state index is -1.40. The van der Waals surface area contributed by atoms with E-state index in [2.05, 4.69) is 42.2 Å². The molecule has 0 spiro atoms. The number of halogens is 1. The molecular weight excluding hydrogens is 507 g/mol. The van der Waals surface area contributed by atoms with Crippen LogP contribution in [0, 0.1) is 0 Å². The summed E-state index contributed by atoms with van der Waals surface area (Å²) < 4.78 is 18.4. The van der Waals surface area contributed by atoms with Gasteiger partial charge in [-0.1, -0.05) is 44.0 Å². The van der Waals surface area contributed by atoms with Crippen LogP contribution in [-0.2, 0) is 13.0 Å². The maximum absolute atomic E-state index is 13.2. The number of carboxylic acid groups (broad SMARTS) is 1. The Balaban J connectivity index is 1.79. The molecular formula is C32H37FN4O3. The van der Waals surface area contributed by atoms with E-state index in [-0.39, 0.29) is 11.6 Å². The number of carboxylic acids is 1. The number of nitrogens with one attached hydrogen (secondary N) is 2. The number of aryl methyl sites for hydroxylation is 1. The molecule has 0 saturated heterocycles. The summed E-state index contributed by atoms with van der Waals surface area (Å²) in [6, 6.07) is 12.4. The van der Waals surface area contributed by atoms with Crippen LogP contribution in [0.4, 0.5) is 4.39 Å². The van der Waals surface area contributed by atoms with Gasteiger partial charge in [-0.2, -0.15) is 5.10 Å². The predicted octanol–water partition coefficient (Wildman–Crippen LogP) is 6.75. The first-order valence-electron chi connectivity index (χ1n) is 13.0. The number of fused-ring (bicyclic) bond motifs is 1. The summed E-state index contributed by atoms with van der Waals surface area (Å²) in [7, 11) is 0. The molecule has 0 fully saturated rings. The Morgan fingerprint density at radius 2 is 2.00 bits per heavy atom. The van der Waals surface area contributed by atoms with Crippen LogP contribution >= 0.6 is 0 Å². The van der Waals surface area contributed by atoms with E-state index in [1.807, 2.05) is 38.1 Å². The van der Waals surface area contributed by atoms with Gasteiger partial charge in [-0.05, 0) is 79.3 Å². The van der Waals surface area contributed by atoms with Crippen LogP contribution in [0.2, 0.25) is 0 Å². The topological polar surface area (TPSA) is 86.2 Å². The van der Waals surface area contributed by atoms with Crippen LogP contribution in [0.25, 0.3) is 0 Å². The number of carbonyl (C=O) groups is 1. The number of hydrogen-bond donors (Lipinski definition) is 3. The Morgan fingerprint density at radius 3 is 2.65 bits per heavy atom. The zero-order valence-corrected chi connectivity index (χ0v) is 23.3. The van der Waals surface area contributed by atoms with E-state index < -0.39 is 12.3 Å². The van der Waals surface area contributed by atoms with E-state index in [9.17, 15) is 14.3 Å². The van der Waals surface area contributed by atoms with Gasteiger partial charge in [0.05, 0.1) is 23.0 Å². The summed E-state index contributed by atoms with van der Waals surface area (Å²) in [5.74, 6) is -0.489. The van der Waals surface area contributed by atoms with Crippen molar-refractivity contribution in [2.24, 2.45) is 5.10 Å². The zero-order chi connectivity index (χ0) is 29.4. The van der Waals surface area contributed by atoms with E-state index in [1.165, 1.54) is 6.92 Å². The smallest absolute Gasteiger partial charge is 0.335 e. The Hall–Kier alpha value is -4.59. The van der Waals surface area contributed by atoms with Crippen molar-refractivity contribution in [3.05, 3.63) is 125 Å². The van der Waals surface area contributed by atoms with Crippen LogP contribution in [0.1, 0.15) is 60.3 Å². The number of ether oxygens (including phenoxy) is 1. The average molecular weight is 545 g/mol. The minimum absolute atomic E-state index is 0.0394. The van der Waals surface area contributed by atoms with E-state index in [0.29, 0.717) is 35.0 Å². The van der Waals surface area contributed by atoms with Crippen molar-refractivity contribution in [1.29, 1.82) is 0 Å². The van der Waals surface area contributed by atoms with Gasteiger partial charge in [0.15, 0.2) is 0 Å². The predicted molar refractivity (Wildman–Crippen MR) is 158 cm³/mol. The molecule has 1 aliphatic carbocycles. The van der Waals surface area contributed by atoms with Gasteiger partial charge in [-0.25, -0.2) is 14.2 Å². The highest BCUT2D eigenvalue weighted by Gasteiger charge is 2.25. The molecule has 210 valence electrons. The lowest BCUT2D eigenvalue weighted by Crippen LogP contribution is -2.26. The number of aromatic carboxylic acids is 1. The van der Waals surface area contributed by atoms with Crippen molar-refractivity contribution in [2.75, 3.05) is 0 Å². The third kappa shape index (κ3) is 7.50. The first-order chi connectivity index (χ1) is 19.0. The van der Waals surface area contributed by atoms with Gasteiger partial charge in [-0.15, -0.1) is 0 Å². The van der Waals surface area contributed by atoms with Gasteiger partial charge in [0.1, 0.15) is 5.75 Å². The molecule has 2 aromatic carbocycles. The number of hydrazone groups is 1. The van der Waals surface area contributed by atoms with Crippen LogP contribution in [0.15, 0.2) is 108 Å². The number of alkyl halides is 1. The number of rotatable bonds is 14. The molecule has 0 saturated carbocycles. The first-order valence-corrected chi connectivity index (χ1v) is 13.0. The second-order valence-electron chi connectivity index (χ2n) is 9.51. The SMILES string of the molecule is C=NN(/C(C)=C\C)/C(=C\C(=C)C(=C)NCc1cccc(OC(C)F)c1)C(=C)NC1CCc2cc(C(=O)O)ccc21. The van der Waals surface area contributed by atoms with E-state index in [0.717, 1.165) is 35.2 Å². The monoisotopic (exact) mass is 544 g/mol. The van der Waals surface area contributed by atoms with Crippen LogP contribution in [0.5, 0.6) is 5.75 Å². The third-order valence-electron chi connectivity index (χ3n) is 6.65. The lowest BCUT2D eigenvalue weighted by atomic mass is 10.0. The molecule has 2 aromatic rings. The van der Waals surface area contributed by atoms with Crippen molar-refractivity contribution in [1.82, 2.24) is 15.6 Å². The minimum Gasteiger partial charge on any atom is -0.478 e. The number of hydrogen-bond acceptors (Lipinski definition) is 6. The summed E-state index contributed by atoms with van der Waals surface area (Å²) in [5.41, 5.74) is 6.52. The lowest BCUT2D eigenvalue weighted by molar-refractivity contribution is 0.0696. The molecule has 7 nitrogen and oxygen atoms in total.